The summed E-state index contributed by atoms with van der Waals surface area (Å²) in [6.45, 7) is 13.1. The first-order chi connectivity index (χ1) is 54.6. The van der Waals surface area contributed by atoms with Crippen molar-refractivity contribution in [2.24, 2.45) is 0 Å². The van der Waals surface area contributed by atoms with Gasteiger partial charge in [0.15, 0.2) is 0 Å². The van der Waals surface area contributed by atoms with Crippen molar-refractivity contribution in [2.75, 3.05) is 18.2 Å². The Balaban J connectivity index is 0.000000148. The van der Waals surface area contributed by atoms with Crippen LogP contribution in [0.15, 0.2) is 253 Å². The molecule has 0 bridgehead atoms. The number of aromatic nitrogens is 7. The fourth-order valence-corrected chi connectivity index (χ4v) is 15.3. The Morgan fingerprint density at radius 3 is 1.16 bits per heavy atom. The molecule has 113 heavy (non-hydrogen) atoms. The third-order valence-electron chi connectivity index (χ3n) is 19.4. The van der Waals surface area contributed by atoms with Crippen LogP contribution in [-0.4, -0.2) is 88.2 Å². The molecule has 0 radical (unpaired) electrons. The van der Waals surface area contributed by atoms with E-state index >= 15 is 0 Å². The molecule has 0 spiro atoms. The van der Waals surface area contributed by atoms with Gasteiger partial charge in [-0.25, -0.2) is 4.98 Å². The van der Waals surface area contributed by atoms with E-state index in [1.165, 1.54) is 25.4 Å². The van der Waals surface area contributed by atoms with Crippen molar-refractivity contribution >= 4 is 108 Å². The molecule has 13 aromatic rings. The van der Waals surface area contributed by atoms with Gasteiger partial charge < -0.3 is 15.8 Å². The summed E-state index contributed by atoms with van der Waals surface area (Å²) in [5, 5.41) is 17.6. The van der Waals surface area contributed by atoms with Crippen molar-refractivity contribution in [3.63, 3.8) is 0 Å². The zero-order valence-electron chi connectivity index (χ0n) is 63.3. The fraction of sp³-hybridized carbons (Fsp3) is 0.152. The maximum Gasteiger partial charge on any atom is 0.373 e. The molecule has 0 fully saturated rings. The molecule has 19 nitrogen and oxygen atoms in total. The number of fused-ring (bicyclic) bond motifs is 4. The van der Waals surface area contributed by atoms with Gasteiger partial charge in [0.05, 0.1) is 47.2 Å². The lowest BCUT2D eigenvalue weighted by Crippen LogP contribution is -2.23. The number of nitrogen functional groups attached to an aromatic ring is 1. The van der Waals surface area contributed by atoms with E-state index < -0.39 is 5.24 Å². The molecule has 1 amide bonds. The van der Waals surface area contributed by atoms with E-state index in [0.29, 0.717) is 47.4 Å². The van der Waals surface area contributed by atoms with E-state index in [4.69, 9.17) is 47.0 Å². The molecule has 0 aliphatic carbocycles. The molecule has 0 saturated heterocycles. The largest absolute Gasteiger partial charge is 0.469 e. The van der Waals surface area contributed by atoms with E-state index in [1.54, 1.807) is 14.0 Å². The highest BCUT2D eigenvalue weighted by Crippen LogP contribution is 2.44. The van der Waals surface area contributed by atoms with E-state index in [0.717, 1.165) is 150 Å². The Morgan fingerprint density at radius 1 is 0.487 bits per heavy atom. The molecule has 4 aromatic heterocycles. The summed E-state index contributed by atoms with van der Waals surface area (Å²) in [6.07, 6.45) is 2.54. The number of nitrogens with two attached hydrogens (primary N) is 1. The molecule has 16 rings (SSSR count). The minimum atomic E-state index is -0.590. The Labute approximate surface area is 661 Å². The Morgan fingerprint density at radius 2 is 0.832 bits per heavy atom. The van der Waals surface area contributed by atoms with Crippen molar-refractivity contribution < 1.29 is 47.9 Å². The number of allylic oxidation sites excluding steroid dienone is 6. The van der Waals surface area contributed by atoms with Crippen LogP contribution in [0, 0.1) is 13.8 Å². The van der Waals surface area contributed by atoms with Crippen LogP contribution in [0.25, 0.3) is 94.1 Å². The molecule has 564 valence electrons. The van der Waals surface area contributed by atoms with E-state index in [1.807, 2.05) is 242 Å². The standard InChI is InChI=1S/C30H23N3O3S.C30H27N3O2.C27H23N3O.C4H5ClO2.CO2/c1-18-15-23-28(19-9-5-3-6-10-19)29(20-11-7-4-8-12-20)32-33(23)30(35)27(18)21-13-14-22-24(16-21)37-25(31-22)17-26(34)36-2;1-4-26(34)31-24-16-15-23(17-19(24)2)27-20(3)18-25-28(21-11-7-5-8-12-21)29(32-33(25)30(27)35)22-13-9-6-10-14-22;1-17-15-21(13-14-22(17)28)24-18(2)16-23-25(19-9-5-3-6-10-19)26(29-30(23)27(24)31)20-11-7-4-8-12-20;1-3(6)2-4(5)7;2-1-3/h3-14,16H,15,17H2,1-2H3;5-17H,4,18H2,1-3H3,(H,31,34);3-15H,16,28H2,1-2H3;2H2,1H3;. The first-order valence-corrected chi connectivity index (χ1v) is 37.6. The van der Waals surface area contributed by atoms with Crippen molar-refractivity contribution in [3.05, 3.63) is 303 Å². The quantitative estimate of drug-likeness (QED) is 0.0418. The first kappa shape index (κ1) is 79.0. The van der Waals surface area contributed by atoms with Gasteiger partial charge in [-0.15, -0.1) is 11.3 Å². The minimum absolute atomic E-state index is 0.0342. The number of aryl methyl sites for hydroxylation is 2. The summed E-state index contributed by atoms with van der Waals surface area (Å²) in [5.74, 6) is -0.921. The molecule has 21 heteroatoms. The number of amides is 1. The van der Waals surface area contributed by atoms with Crippen LogP contribution >= 0.6 is 22.9 Å². The van der Waals surface area contributed by atoms with Gasteiger partial charge in [0.25, 0.3) is 17.7 Å². The van der Waals surface area contributed by atoms with E-state index in [2.05, 4.69) is 46.7 Å². The summed E-state index contributed by atoms with van der Waals surface area (Å²) in [4.78, 5) is 106. The SMILES string of the molecule is CC(=O)CC(=O)Cl.CC1=C(c2ccc(N)c(C)c2)C(=O)n2nc(-c3ccccc3)c(-c3ccccc3)c2C1.CCC(=O)Nc1ccc(C2=C(C)Cc3c(-c4ccccc4)c(-c4ccccc4)nn3C2=O)cc1C.COC(=O)Cc1nc2ccc(C3=C(C)Cc4c(-c5ccccc5)c(-c5ccccc5)nn4C3=O)cc2s1.O=C=O. The first-order valence-electron chi connectivity index (χ1n) is 36.4. The second-order valence-electron chi connectivity index (χ2n) is 27.2. The molecular weight excluding hydrogens is 1460 g/mol. The Bertz CT molecular complexity index is 5960. The average molecular weight is 1540 g/mol. The summed E-state index contributed by atoms with van der Waals surface area (Å²) >= 11 is 6.25. The lowest BCUT2D eigenvalue weighted by molar-refractivity contribution is -0.191. The Kier molecular flexibility index (Phi) is 24.8. The summed E-state index contributed by atoms with van der Waals surface area (Å²) in [6, 6.07) is 77.8. The van der Waals surface area contributed by atoms with E-state index in [9.17, 15) is 33.6 Å². The number of nitrogens with zero attached hydrogens (tertiary/aromatic N) is 7. The molecule has 7 heterocycles. The Hall–Kier alpha value is -13.5. The average Bonchev–Trinajstić information content (AvgIpc) is 1.62. The number of rotatable bonds is 15. The van der Waals surface area contributed by atoms with Gasteiger partial charge in [-0.1, -0.05) is 224 Å². The molecule has 3 aliphatic heterocycles. The highest BCUT2D eigenvalue weighted by molar-refractivity contribution is 7.18. The molecule has 3 N–H and O–H groups in total. The van der Waals surface area contributed by atoms with Crippen LogP contribution in [-0.2, 0) is 59.2 Å². The van der Waals surface area contributed by atoms with Crippen LogP contribution in [0.1, 0.15) is 112 Å². The predicted octanol–water partition coefficient (Wildman–Crippen LogP) is 18.7. The van der Waals surface area contributed by atoms with Crippen molar-refractivity contribution in [1.82, 2.24) is 34.3 Å². The summed E-state index contributed by atoms with van der Waals surface area (Å²) in [5.41, 5.74) is 32.1. The third kappa shape index (κ3) is 17.4. The number of halogens is 1. The lowest BCUT2D eigenvalue weighted by Gasteiger charge is -2.20. The van der Waals surface area contributed by atoms with Gasteiger partial charge in [0.1, 0.15) is 27.9 Å². The highest BCUT2D eigenvalue weighted by atomic mass is 35.5. The topological polar surface area (TPSA) is 267 Å². The molecule has 9 aromatic carbocycles. The molecule has 3 aliphatic rings. The van der Waals surface area contributed by atoms with Crippen LogP contribution < -0.4 is 11.1 Å². The number of hydrogen-bond donors (Lipinski definition) is 2. The number of carbonyl (C=O) groups is 7. The number of anilines is 2. The zero-order chi connectivity index (χ0) is 80.1. The van der Waals surface area contributed by atoms with Crippen LogP contribution in [0.2, 0.25) is 0 Å². The minimum Gasteiger partial charge on any atom is -0.469 e. The number of methoxy groups -OCH3 is 1. The predicted molar refractivity (Wildman–Crippen MR) is 442 cm³/mol. The van der Waals surface area contributed by atoms with Crippen molar-refractivity contribution in [1.29, 1.82) is 0 Å². The number of thiazole rings is 1. The van der Waals surface area contributed by atoms with Gasteiger partial charge in [-0.3, -0.25) is 33.6 Å². The maximum absolute atomic E-state index is 14.0. The van der Waals surface area contributed by atoms with Gasteiger partial charge >= 0.3 is 12.1 Å². The van der Waals surface area contributed by atoms with Crippen molar-refractivity contribution in [3.8, 4) is 67.2 Å². The van der Waals surface area contributed by atoms with Crippen LogP contribution in [0.3, 0.4) is 0 Å². The second-order valence-corrected chi connectivity index (χ2v) is 28.8. The number of benzene rings is 9. The number of ketones is 1. The molecule has 0 atom stereocenters. The number of carbonyl (C=O) groups excluding carboxylic acids is 9. The number of ether oxygens (including phenoxy) is 1. The maximum atomic E-state index is 14.0. The normalized spacial score (nSPS) is 12.6. The van der Waals surface area contributed by atoms with E-state index in [-0.39, 0.29) is 54.4 Å². The third-order valence-corrected chi connectivity index (χ3v) is 20.5. The smallest absolute Gasteiger partial charge is 0.373 e. The molecule has 0 saturated carbocycles. The number of esters is 1. The van der Waals surface area contributed by atoms with Gasteiger partial charge in [-0.2, -0.15) is 38.9 Å². The molecular formula is C92H78ClN9O10S. The van der Waals surface area contributed by atoms with Gasteiger partial charge in [0, 0.05) is 87.2 Å². The van der Waals surface area contributed by atoms with Crippen molar-refractivity contribution in [2.45, 2.75) is 87.0 Å². The van der Waals surface area contributed by atoms with Crippen LogP contribution in [0.5, 0.6) is 0 Å². The lowest BCUT2D eigenvalue weighted by atomic mass is 9.90. The zero-order valence-corrected chi connectivity index (χ0v) is 64.9. The number of nitrogens with one attached hydrogen (secondary N) is 1. The summed E-state index contributed by atoms with van der Waals surface area (Å²) in [7, 11) is 1.37. The molecule has 0 unspecified atom stereocenters. The fourth-order valence-electron chi connectivity index (χ4n) is 14.1. The number of hydrogen-bond acceptors (Lipinski definition) is 16. The van der Waals surface area contributed by atoms with Gasteiger partial charge in [-0.05, 0) is 134 Å². The summed E-state index contributed by atoms with van der Waals surface area (Å²) < 4.78 is 10.4. The van der Waals surface area contributed by atoms with Gasteiger partial charge in [0.2, 0.25) is 11.1 Å². The monoisotopic (exact) mass is 1540 g/mol. The highest BCUT2D eigenvalue weighted by Gasteiger charge is 2.35. The van der Waals surface area contributed by atoms with Crippen LogP contribution in [0.4, 0.5) is 11.4 Å². The number of Topliss-reactive ketones (excluding diaryl/α,β-unsaturated/α-hetero) is 1. The second kappa shape index (κ2) is 35.4.